The Bertz CT molecular complexity index is 862. The highest BCUT2D eigenvalue weighted by Gasteiger charge is 2.61. The lowest BCUT2D eigenvalue weighted by molar-refractivity contribution is -0.139. The van der Waals surface area contributed by atoms with Gasteiger partial charge >= 0.3 is 5.97 Å². The van der Waals surface area contributed by atoms with Crippen molar-refractivity contribution in [1.82, 2.24) is 5.32 Å². The van der Waals surface area contributed by atoms with E-state index in [1.165, 1.54) is 0 Å². The number of benzene rings is 2. The van der Waals surface area contributed by atoms with Crippen LogP contribution < -0.4 is 5.32 Å². The summed E-state index contributed by atoms with van der Waals surface area (Å²) in [7, 11) is -4.07. The van der Waals surface area contributed by atoms with Gasteiger partial charge in [-0.2, -0.15) is 0 Å². The molecule has 24 heavy (non-hydrogen) atoms. The minimum absolute atomic E-state index is 0.431. The van der Waals surface area contributed by atoms with Gasteiger partial charge in [-0.05, 0) is 11.1 Å². The van der Waals surface area contributed by atoms with Crippen molar-refractivity contribution in [2.45, 2.75) is 16.2 Å². The molecule has 1 aliphatic rings. The Kier molecular flexibility index (Phi) is 3.91. The summed E-state index contributed by atoms with van der Waals surface area (Å²) >= 11 is 0. The van der Waals surface area contributed by atoms with E-state index in [-0.39, 0.29) is 0 Å². The van der Waals surface area contributed by atoms with E-state index in [1.807, 2.05) is 0 Å². The molecule has 2 N–H and O–H groups in total. The van der Waals surface area contributed by atoms with Crippen molar-refractivity contribution in [3.8, 4) is 12.3 Å². The predicted octanol–water partition coefficient (Wildman–Crippen LogP) is 1.36. The first-order valence-electron chi connectivity index (χ1n) is 7.26. The number of rotatable bonds is 3. The molecular weight excluding hydrogens is 326 g/mol. The van der Waals surface area contributed by atoms with Crippen LogP contribution in [0.2, 0.25) is 0 Å². The molecule has 3 rings (SSSR count). The first kappa shape index (κ1) is 16.2. The third-order valence-corrected chi connectivity index (χ3v) is 6.73. The monoisotopic (exact) mass is 341 g/mol. The van der Waals surface area contributed by atoms with Crippen LogP contribution in [-0.4, -0.2) is 30.8 Å². The summed E-state index contributed by atoms with van der Waals surface area (Å²) in [6.07, 6.45) is 5.38. The smallest absolute Gasteiger partial charge is 0.323 e. The highest BCUT2D eigenvalue weighted by atomic mass is 32.2. The van der Waals surface area contributed by atoms with Gasteiger partial charge in [0.25, 0.3) is 0 Å². The Morgan fingerprint density at radius 2 is 1.50 bits per heavy atom. The number of hydrogen-bond acceptors (Lipinski definition) is 4. The first-order valence-corrected chi connectivity index (χ1v) is 8.81. The zero-order valence-corrected chi connectivity index (χ0v) is 13.4. The average molecular weight is 341 g/mol. The van der Waals surface area contributed by atoms with Gasteiger partial charge in [0, 0.05) is 0 Å². The number of carboxylic acid groups (broad SMARTS) is 1. The van der Waals surface area contributed by atoms with Crippen molar-refractivity contribution in [2.75, 3.05) is 0 Å². The Morgan fingerprint density at radius 3 is 1.83 bits per heavy atom. The lowest BCUT2D eigenvalue weighted by atomic mass is 9.97. The van der Waals surface area contributed by atoms with E-state index in [9.17, 15) is 18.3 Å². The standard InChI is InChI=1S/C18H15NO4S/c1-2-15-16(17(20)21)19-18(24(15,22)23,13-9-5-3-6-10-13)14-11-7-4-8-12-14/h1,3-12,15-16,19H,(H,20,21). The summed E-state index contributed by atoms with van der Waals surface area (Å²) in [5.74, 6) is 0.853. The number of hydrogen-bond donors (Lipinski definition) is 2. The summed E-state index contributed by atoms with van der Waals surface area (Å²) in [5, 5.41) is 10.8. The van der Waals surface area contributed by atoms with Crippen molar-refractivity contribution in [3.05, 3.63) is 71.8 Å². The fourth-order valence-corrected chi connectivity index (χ4v) is 5.45. The maximum atomic E-state index is 13.3. The highest BCUT2D eigenvalue weighted by molar-refractivity contribution is 7.93. The van der Waals surface area contributed by atoms with E-state index in [0.29, 0.717) is 11.1 Å². The molecule has 0 amide bonds. The maximum absolute atomic E-state index is 13.3. The van der Waals surface area contributed by atoms with E-state index >= 15 is 0 Å². The van der Waals surface area contributed by atoms with Crippen LogP contribution in [0.5, 0.6) is 0 Å². The van der Waals surface area contributed by atoms with Gasteiger partial charge in [0.15, 0.2) is 20.0 Å². The fraction of sp³-hybridized carbons (Fsp3) is 0.167. The Morgan fingerprint density at radius 1 is 1.04 bits per heavy atom. The second kappa shape index (κ2) is 5.78. The molecule has 1 fully saturated rings. The highest BCUT2D eigenvalue weighted by Crippen LogP contribution is 2.43. The topological polar surface area (TPSA) is 83.5 Å². The second-order valence-corrected chi connectivity index (χ2v) is 7.72. The van der Waals surface area contributed by atoms with E-state index in [2.05, 4.69) is 11.2 Å². The van der Waals surface area contributed by atoms with Crippen LogP contribution >= 0.6 is 0 Å². The quantitative estimate of drug-likeness (QED) is 0.824. The second-order valence-electron chi connectivity index (χ2n) is 5.51. The molecule has 1 saturated heterocycles. The summed E-state index contributed by atoms with van der Waals surface area (Å²) in [6.45, 7) is 0. The van der Waals surface area contributed by atoms with E-state index < -0.39 is 32.0 Å². The molecule has 2 aromatic rings. The minimum Gasteiger partial charge on any atom is -0.480 e. The van der Waals surface area contributed by atoms with Crippen molar-refractivity contribution in [1.29, 1.82) is 0 Å². The zero-order valence-electron chi connectivity index (χ0n) is 12.6. The zero-order chi connectivity index (χ0) is 17.4. The molecule has 0 radical (unpaired) electrons. The largest absolute Gasteiger partial charge is 0.480 e. The molecule has 0 saturated carbocycles. The molecule has 0 aliphatic carbocycles. The van der Waals surface area contributed by atoms with Crippen LogP contribution in [0.1, 0.15) is 11.1 Å². The van der Waals surface area contributed by atoms with Crippen LogP contribution in [-0.2, 0) is 19.5 Å². The van der Waals surface area contributed by atoms with Gasteiger partial charge in [0.2, 0.25) is 0 Å². The molecule has 0 aromatic heterocycles. The predicted molar refractivity (Wildman–Crippen MR) is 89.8 cm³/mol. The first-order chi connectivity index (χ1) is 11.4. The third kappa shape index (κ3) is 2.13. The Balaban J connectivity index is 2.36. The third-order valence-electron chi connectivity index (χ3n) is 4.21. The molecule has 2 atom stereocenters. The summed E-state index contributed by atoms with van der Waals surface area (Å²) in [5.41, 5.74) is 0.861. The van der Waals surface area contributed by atoms with Gasteiger partial charge in [0.1, 0.15) is 6.04 Å². The summed E-state index contributed by atoms with van der Waals surface area (Å²) < 4.78 is 26.6. The molecule has 122 valence electrons. The molecule has 0 spiro atoms. The van der Waals surface area contributed by atoms with E-state index in [1.54, 1.807) is 60.7 Å². The molecule has 0 bridgehead atoms. The van der Waals surface area contributed by atoms with Crippen molar-refractivity contribution >= 4 is 15.8 Å². The van der Waals surface area contributed by atoms with Crippen LogP contribution in [0.15, 0.2) is 60.7 Å². The van der Waals surface area contributed by atoms with Crippen molar-refractivity contribution in [3.63, 3.8) is 0 Å². The van der Waals surface area contributed by atoms with Gasteiger partial charge in [0.05, 0.1) is 0 Å². The van der Waals surface area contributed by atoms with Crippen LogP contribution in [0.25, 0.3) is 0 Å². The number of sulfone groups is 1. The van der Waals surface area contributed by atoms with Crippen LogP contribution in [0.4, 0.5) is 0 Å². The number of carboxylic acids is 1. The molecule has 1 aliphatic heterocycles. The Hall–Kier alpha value is -2.62. The van der Waals surface area contributed by atoms with Gasteiger partial charge in [-0.3, -0.25) is 10.1 Å². The van der Waals surface area contributed by atoms with Gasteiger partial charge in [-0.1, -0.05) is 66.6 Å². The SMILES string of the molecule is C#CC1C(C(=O)O)NC(c2ccccc2)(c2ccccc2)S1(=O)=O. The van der Waals surface area contributed by atoms with Crippen LogP contribution in [0, 0.1) is 12.3 Å². The van der Waals surface area contributed by atoms with Gasteiger partial charge in [-0.15, -0.1) is 6.42 Å². The van der Waals surface area contributed by atoms with Gasteiger partial charge < -0.3 is 5.11 Å². The van der Waals surface area contributed by atoms with Crippen LogP contribution in [0.3, 0.4) is 0 Å². The average Bonchev–Trinajstić information content (AvgIpc) is 2.84. The molecule has 2 unspecified atom stereocenters. The van der Waals surface area contributed by atoms with E-state index in [0.717, 1.165) is 0 Å². The van der Waals surface area contributed by atoms with Crippen molar-refractivity contribution < 1.29 is 18.3 Å². The Labute approximate surface area is 140 Å². The lowest BCUT2D eigenvalue weighted by Crippen LogP contribution is -2.47. The molecular formula is C18H15NO4S. The maximum Gasteiger partial charge on any atom is 0.323 e. The lowest BCUT2D eigenvalue weighted by Gasteiger charge is -2.30. The fourth-order valence-electron chi connectivity index (χ4n) is 3.13. The summed E-state index contributed by atoms with van der Waals surface area (Å²) in [6, 6.07) is 15.5. The van der Waals surface area contributed by atoms with Gasteiger partial charge in [-0.25, -0.2) is 8.42 Å². The number of aliphatic carboxylic acids is 1. The minimum atomic E-state index is -4.07. The molecule has 5 nitrogen and oxygen atoms in total. The number of carbonyl (C=O) groups is 1. The number of nitrogens with one attached hydrogen (secondary N) is 1. The molecule has 2 aromatic carbocycles. The summed E-state index contributed by atoms with van der Waals surface area (Å²) in [4.78, 5) is 9.89. The van der Waals surface area contributed by atoms with Crippen molar-refractivity contribution in [2.24, 2.45) is 0 Å². The molecule has 1 heterocycles. The normalized spacial score (nSPS) is 24.1. The molecule has 6 heteroatoms. The van der Waals surface area contributed by atoms with E-state index in [4.69, 9.17) is 6.42 Å². The number of terminal acetylenes is 1.